The molecule has 1 saturated heterocycles. The summed E-state index contributed by atoms with van der Waals surface area (Å²) in [7, 11) is 1.96. The number of hydrogen-bond acceptors (Lipinski definition) is 4. The molecular weight excluding hydrogens is 214 g/mol. The van der Waals surface area contributed by atoms with Crippen LogP contribution in [0.15, 0.2) is 6.33 Å². The third-order valence-corrected chi connectivity index (χ3v) is 3.36. The van der Waals surface area contributed by atoms with E-state index in [1.54, 1.807) is 6.33 Å². The molecule has 1 N–H and O–H groups in total. The van der Waals surface area contributed by atoms with E-state index < -0.39 is 0 Å². The molecule has 0 radical (unpaired) electrons. The van der Waals surface area contributed by atoms with Crippen LogP contribution in [0.5, 0.6) is 0 Å². The van der Waals surface area contributed by atoms with Gasteiger partial charge in [-0.05, 0) is 32.4 Å². The van der Waals surface area contributed by atoms with E-state index >= 15 is 0 Å². The summed E-state index contributed by atoms with van der Waals surface area (Å²) in [6, 6.07) is 0.650. The van der Waals surface area contributed by atoms with E-state index in [-0.39, 0.29) is 0 Å². The minimum absolute atomic E-state index is 0.650. The van der Waals surface area contributed by atoms with Gasteiger partial charge in [0.15, 0.2) is 0 Å². The van der Waals surface area contributed by atoms with Crippen molar-refractivity contribution in [1.29, 1.82) is 0 Å². The maximum absolute atomic E-state index is 4.29. The van der Waals surface area contributed by atoms with Crippen LogP contribution >= 0.6 is 0 Å². The first-order valence-electron chi connectivity index (χ1n) is 6.58. The summed E-state index contributed by atoms with van der Waals surface area (Å²) in [6.07, 6.45) is 5.42. The van der Waals surface area contributed by atoms with Crippen molar-refractivity contribution in [2.45, 2.75) is 38.8 Å². The molecule has 1 aromatic heterocycles. The van der Waals surface area contributed by atoms with Crippen molar-refractivity contribution in [3.8, 4) is 0 Å². The highest BCUT2D eigenvalue weighted by Crippen LogP contribution is 2.12. The second-order valence-electron chi connectivity index (χ2n) is 4.83. The largest absolute Gasteiger partial charge is 0.313 e. The van der Waals surface area contributed by atoms with Crippen molar-refractivity contribution < 1.29 is 0 Å². The van der Waals surface area contributed by atoms with Gasteiger partial charge in [0.05, 0.1) is 6.54 Å². The highest BCUT2D eigenvalue weighted by molar-refractivity contribution is 4.86. The average molecular weight is 237 g/mol. The Balaban J connectivity index is 1.83. The molecule has 0 aliphatic carbocycles. The van der Waals surface area contributed by atoms with Gasteiger partial charge in [-0.25, -0.2) is 4.98 Å². The third-order valence-electron chi connectivity index (χ3n) is 3.36. The lowest BCUT2D eigenvalue weighted by molar-refractivity contribution is 0.178. The summed E-state index contributed by atoms with van der Waals surface area (Å²) < 4.78 is 1.86. The number of aryl methyl sites for hydroxylation is 1. The molecule has 2 rings (SSSR count). The van der Waals surface area contributed by atoms with Gasteiger partial charge in [0.2, 0.25) is 0 Å². The predicted molar refractivity (Wildman–Crippen MR) is 67.6 cm³/mol. The standard InChI is InChI=1S/C12H23N5/c1-3-6-13-11-5-4-7-17(8-11)9-12-14-10-15-16(12)2/h10-11,13H,3-9H2,1-2H3. The number of nitrogens with one attached hydrogen (secondary N) is 1. The van der Waals surface area contributed by atoms with Crippen LogP contribution in [-0.2, 0) is 13.6 Å². The molecule has 5 heteroatoms. The predicted octanol–water partition coefficient (Wildman–Crippen LogP) is 0.779. The molecule has 0 spiro atoms. The molecule has 5 nitrogen and oxygen atoms in total. The SMILES string of the molecule is CCCNC1CCCN(Cc2ncnn2C)C1. The fourth-order valence-electron chi connectivity index (χ4n) is 2.38. The first-order chi connectivity index (χ1) is 8.29. The summed E-state index contributed by atoms with van der Waals surface area (Å²) in [5, 5.41) is 7.72. The van der Waals surface area contributed by atoms with Crippen LogP contribution in [0.25, 0.3) is 0 Å². The summed E-state index contributed by atoms with van der Waals surface area (Å²) in [4.78, 5) is 6.76. The zero-order valence-electron chi connectivity index (χ0n) is 10.9. The van der Waals surface area contributed by atoms with Gasteiger partial charge in [-0.1, -0.05) is 6.92 Å². The lowest BCUT2D eigenvalue weighted by atomic mass is 10.1. The summed E-state index contributed by atoms with van der Waals surface area (Å²) in [5.41, 5.74) is 0. The van der Waals surface area contributed by atoms with Crippen molar-refractivity contribution in [3.05, 3.63) is 12.2 Å². The minimum Gasteiger partial charge on any atom is -0.313 e. The van der Waals surface area contributed by atoms with Crippen LogP contribution in [0, 0.1) is 0 Å². The van der Waals surface area contributed by atoms with Gasteiger partial charge in [0.1, 0.15) is 12.2 Å². The second-order valence-corrected chi connectivity index (χ2v) is 4.83. The van der Waals surface area contributed by atoms with Gasteiger partial charge in [0.25, 0.3) is 0 Å². The average Bonchev–Trinajstić information content (AvgIpc) is 2.73. The first kappa shape index (κ1) is 12.5. The normalized spacial score (nSPS) is 21.9. The van der Waals surface area contributed by atoms with E-state index in [0.717, 1.165) is 25.5 Å². The molecule has 1 aliphatic heterocycles. The lowest BCUT2D eigenvalue weighted by Gasteiger charge is -2.32. The van der Waals surface area contributed by atoms with Crippen LogP contribution in [0.1, 0.15) is 32.0 Å². The van der Waals surface area contributed by atoms with Gasteiger partial charge in [-0.2, -0.15) is 5.10 Å². The monoisotopic (exact) mass is 237 g/mol. The number of piperidine rings is 1. The van der Waals surface area contributed by atoms with Crippen LogP contribution in [0.3, 0.4) is 0 Å². The highest BCUT2D eigenvalue weighted by atomic mass is 15.3. The number of hydrogen-bond donors (Lipinski definition) is 1. The molecule has 17 heavy (non-hydrogen) atoms. The van der Waals surface area contributed by atoms with Gasteiger partial charge in [0, 0.05) is 19.6 Å². The van der Waals surface area contributed by atoms with Crippen molar-refractivity contribution in [2.75, 3.05) is 19.6 Å². The Morgan fingerprint density at radius 2 is 2.41 bits per heavy atom. The number of rotatable bonds is 5. The van der Waals surface area contributed by atoms with Crippen molar-refractivity contribution in [1.82, 2.24) is 25.0 Å². The quantitative estimate of drug-likeness (QED) is 0.822. The minimum atomic E-state index is 0.650. The molecule has 1 unspecified atom stereocenters. The first-order valence-corrected chi connectivity index (χ1v) is 6.58. The fraction of sp³-hybridized carbons (Fsp3) is 0.833. The zero-order valence-corrected chi connectivity index (χ0v) is 10.9. The van der Waals surface area contributed by atoms with Gasteiger partial charge in [-0.3, -0.25) is 9.58 Å². The van der Waals surface area contributed by atoms with E-state index in [1.807, 2.05) is 11.7 Å². The Morgan fingerprint density at radius 1 is 1.53 bits per heavy atom. The Bertz CT molecular complexity index is 335. The van der Waals surface area contributed by atoms with E-state index in [2.05, 4.69) is 27.2 Å². The van der Waals surface area contributed by atoms with Crippen LogP contribution < -0.4 is 5.32 Å². The summed E-state index contributed by atoms with van der Waals surface area (Å²) in [6.45, 7) is 6.57. The number of aromatic nitrogens is 3. The van der Waals surface area contributed by atoms with E-state index in [1.165, 1.54) is 25.8 Å². The molecule has 0 bridgehead atoms. The molecule has 1 aromatic rings. The molecule has 0 aromatic carbocycles. The van der Waals surface area contributed by atoms with Crippen molar-refractivity contribution in [3.63, 3.8) is 0 Å². The number of likely N-dealkylation sites (tertiary alicyclic amines) is 1. The fourth-order valence-corrected chi connectivity index (χ4v) is 2.38. The van der Waals surface area contributed by atoms with Gasteiger partial charge in [-0.15, -0.1) is 0 Å². The van der Waals surface area contributed by atoms with E-state index in [0.29, 0.717) is 6.04 Å². The molecule has 1 atom stereocenters. The Morgan fingerprint density at radius 3 is 3.12 bits per heavy atom. The Labute approximate surface area is 103 Å². The van der Waals surface area contributed by atoms with E-state index in [4.69, 9.17) is 0 Å². The summed E-state index contributed by atoms with van der Waals surface area (Å²) in [5.74, 6) is 1.06. The zero-order chi connectivity index (χ0) is 12.1. The molecule has 0 amide bonds. The molecule has 1 fully saturated rings. The van der Waals surface area contributed by atoms with Crippen LogP contribution in [0.2, 0.25) is 0 Å². The highest BCUT2D eigenvalue weighted by Gasteiger charge is 2.20. The Hall–Kier alpha value is -0.940. The van der Waals surface area contributed by atoms with Crippen molar-refractivity contribution in [2.24, 2.45) is 7.05 Å². The molecule has 96 valence electrons. The molecule has 0 saturated carbocycles. The summed E-state index contributed by atoms with van der Waals surface area (Å²) >= 11 is 0. The van der Waals surface area contributed by atoms with Crippen LogP contribution in [-0.4, -0.2) is 45.3 Å². The molecule has 2 heterocycles. The molecule has 1 aliphatic rings. The van der Waals surface area contributed by atoms with Gasteiger partial charge < -0.3 is 5.32 Å². The van der Waals surface area contributed by atoms with Crippen LogP contribution in [0.4, 0.5) is 0 Å². The smallest absolute Gasteiger partial charge is 0.140 e. The number of nitrogens with zero attached hydrogens (tertiary/aromatic N) is 4. The van der Waals surface area contributed by atoms with E-state index in [9.17, 15) is 0 Å². The molecular formula is C12H23N5. The topological polar surface area (TPSA) is 46.0 Å². The maximum Gasteiger partial charge on any atom is 0.140 e. The second kappa shape index (κ2) is 6.12. The maximum atomic E-state index is 4.29. The Kier molecular flexibility index (Phi) is 4.50. The van der Waals surface area contributed by atoms with Gasteiger partial charge >= 0.3 is 0 Å². The lowest BCUT2D eigenvalue weighted by Crippen LogP contribution is -2.45. The van der Waals surface area contributed by atoms with Crippen molar-refractivity contribution >= 4 is 0 Å². The third kappa shape index (κ3) is 3.51.